The third-order valence-electron chi connectivity index (χ3n) is 2.31. The van der Waals surface area contributed by atoms with Crippen molar-refractivity contribution in [3.05, 3.63) is 22.4 Å². The zero-order chi connectivity index (χ0) is 8.97. The summed E-state index contributed by atoms with van der Waals surface area (Å²) in [6, 6.07) is 4.43. The molecule has 1 atom stereocenters. The number of hydrogen-bond donors (Lipinski definition) is 0. The van der Waals surface area contributed by atoms with E-state index in [2.05, 4.69) is 38.3 Å². The van der Waals surface area contributed by atoms with E-state index < -0.39 is 0 Å². The molecule has 0 saturated carbocycles. The summed E-state index contributed by atoms with van der Waals surface area (Å²) < 4.78 is 0. The Morgan fingerprint density at radius 1 is 1.42 bits per heavy atom. The molecule has 0 fully saturated rings. The van der Waals surface area contributed by atoms with Crippen LogP contribution in [-0.4, -0.2) is 0 Å². The number of thiophene rings is 1. The van der Waals surface area contributed by atoms with E-state index in [-0.39, 0.29) is 0 Å². The van der Waals surface area contributed by atoms with Crippen molar-refractivity contribution in [2.75, 3.05) is 0 Å². The van der Waals surface area contributed by atoms with Gasteiger partial charge in [-0.15, -0.1) is 11.3 Å². The van der Waals surface area contributed by atoms with Gasteiger partial charge in [-0.25, -0.2) is 0 Å². The summed E-state index contributed by atoms with van der Waals surface area (Å²) in [5, 5.41) is 2.18. The summed E-state index contributed by atoms with van der Waals surface area (Å²) in [6.45, 7) is 6.91. The molecule has 0 aliphatic heterocycles. The molecule has 1 heterocycles. The molecule has 12 heavy (non-hydrogen) atoms. The monoisotopic (exact) mass is 182 g/mol. The molecule has 0 amide bonds. The second-order valence-electron chi connectivity index (χ2n) is 3.65. The Hall–Kier alpha value is -0.300. The maximum Gasteiger partial charge on any atom is 0.00787 e. The van der Waals surface area contributed by atoms with Crippen LogP contribution in [0.4, 0.5) is 0 Å². The van der Waals surface area contributed by atoms with Gasteiger partial charge in [-0.1, -0.05) is 33.3 Å². The quantitative estimate of drug-likeness (QED) is 0.651. The average Bonchev–Trinajstić information content (AvgIpc) is 2.51. The van der Waals surface area contributed by atoms with Crippen molar-refractivity contribution < 1.29 is 0 Å². The van der Waals surface area contributed by atoms with Gasteiger partial charge in [0.1, 0.15) is 0 Å². The summed E-state index contributed by atoms with van der Waals surface area (Å²) in [5.41, 5.74) is 0. The summed E-state index contributed by atoms with van der Waals surface area (Å²) in [4.78, 5) is 1.56. The lowest BCUT2D eigenvalue weighted by Gasteiger charge is -2.18. The zero-order valence-electron chi connectivity index (χ0n) is 8.21. The molecular weight excluding hydrogens is 164 g/mol. The SMILES string of the molecule is CCCC(c1cccs1)C(C)C. The van der Waals surface area contributed by atoms with Crippen LogP contribution in [-0.2, 0) is 0 Å². The van der Waals surface area contributed by atoms with Gasteiger partial charge in [-0.2, -0.15) is 0 Å². The Morgan fingerprint density at radius 2 is 2.17 bits per heavy atom. The first-order valence-corrected chi connectivity index (χ1v) is 5.67. The predicted octanol–water partition coefficient (Wildman–Crippen LogP) is 4.29. The molecule has 1 heteroatoms. The second kappa shape index (κ2) is 4.66. The molecule has 0 N–H and O–H groups in total. The molecule has 0 bridgehead atoms. The standard InChI is InChI=1S/C11H18S/c1-4-6-10(9(2)3)11-7-5-8-12-11/h5,7-10H,4,6H2,1-3H3. The highest BCUT2D eigenvalue weighted by atomic mass is 32.1. The summed E-state index contributed by atoms with van der Waals surface area (Å²) in [7, 11) is 0. The van der Waals surface area contributed by atoms with E-state index in [1.165, 1.54) is 12.8 Å². The third-order valence-corrected chi connectivity index (χ3v) is 3.32. The third kappa shape index (κ3) is 2.34. The van der Waals surface area contributed by atoms with Crippen molar-refractivity contribution in [1.82, 2.24) is 0 Å². The molecule has 0 aliphatic carbocycles. The van der Waals surface area contributed by atoms with E-state index in [0.29, 0.717) is 0 Å². The molecule has 0 spiro atoms. The molecule has 1 unspecified atom stereocenters. The molecular formula is C11H18S. The van der Waals surface area contributed by atoms with Crippen molar-refractivity contribution in [1.29, 1.82) is 0 Å². The smallest absolute Gasteiger partial charge is 0.00787 e. The Kier molecular flexibility index (Phi) is 3.80. The van der Waals surface area contributed by atoms with Gasteiger partial charge in [0, 0.05) is 4.88 Å². The Morgan fingerprint density at radius 3 is 2.58 bits per heavy atom. The van der Waals surface area contributed by atoms with Crippen molar-refractivity contribution >= 4 is 11.3 Å². The lowest BCUT2D eigenvalue weighted by atomic mass is 9.90. The van der Waals surface area contributed by atoms with Crippen LogP contribution in [0.5, 0.6) is 0 Å². The van der Waals surface area contributed by atoms with Crippen LogP contribution in [0.3, 0.4) is 0 Å². The number of hydrogen-bond acceptors (Lipinski definition) is 1. The van der Waals surface area contributed by atoms with Crippen LogP contribution in [0.1, 0.15) is 44.4 Å². The minimum absolute atomic E-state index is 0.781. The van der Waals surface area contributed by atoms with Gasteiger partial charge in [-0.3, -0.25) is 0 Å². The van der Waals surface area contributed by atoms with Crippen LogP contribution >= 0.6 is 11.3 Å². The van der Waals surface area contributed by atoms with Crippen LogP contribution in [0.2, 0.25) is 0 Å². The number of rotatable bonds is 4. The van der Waals surface area contributed by atoms with Gasteiger partial charge in [0.25, 0.3) is 0 Å². The average molecular weight is 182 g/mol. The molecule has 1 rings (SSSR count). The molecule has 0 radical (unpaired) electrons. The van der Waals surface area contributed by atoms with Gasteiger partial charge >= 0.3 is 0 Å². The van der Waals surface area contributed by atoms with E-state index in [9.17, 15) is 0 Å². The maximum atomic E-state index is 2.32. The van der Waals surface area contributed by atoms with E-state index in [4.69, 9.17) is 0 Å². The Labute approximate surface area is 79.6 Å². The molecule has 0 saturated heterocycles. The van der Waals surface area contributed by atoms with Crippen LogP contribution in [0.15, 0.2) is 17.5 Å². The summed E-state index contributed by atoms with van der Waals surface area (Å²) in [5.74, 6) is 1.57. The molecule has 0 aliphatic rings. The van der Waals surface area contributed by atoms with Crippen molar-refractivity contribution in [2.24, 2.45) is 5.92 Å². The normalized spacial score (nSPS) is 13.7. The molecule has 0 nitrogen and oxygen atoms in total. The van der Waals surface area contributed by atoms with Gasteiger partial charge < -0.3 is 0 Å². The van der Waals surface area contributed by atoms with E-state index in [1.54, 1.807) is 4.88 Å². The highest BCUT2D eigenvalue weighted by Crippen LogP contribution is 2.31. The predicted molar refractivity (Wildman–Crippen MR) is 56.8 cm³/mol. The van der Waals surface area contributed by atoms with Crippen molar-refractivity contribution in [3.63, 3.8) is 0 Å². The Balaban J connectivity index is 2.66. The Bertz CT molecular complexity index is 199. The van der Waals surface area contributed by atoms with Crippen LogP contribution in [0.25, 0.3) is 0 Å². The molecule has 1 aromatic rings. The highest BCUT2D eigenvalue weighted by molar-refractivity contribution is 7.10. The fourth-order valence-corrected chi connectivity index (χ4v) is 2.65. The summed E-state index contributed by atoms with van der Waals surface area (Å²) >= 11 is 1.90. The zero-order valence-corrected chi connectivity index (χ0v) is 9.03. The highest BCUT2D eigenvalue weighted by Gasteiger charge is 2.14. The van der Waals surface area contributed by atoms with Crippen molar-refractivity contribution in [2.45, 2.75) is 39.5 Å². The van der Waals surface area contributed by atoms with Gasteiger partial charge in [0.05, 0.1) is 0 Å². The van der Waals surface area contributed by atoms with Crippen LogP contribution < -0.4 is 0 Å². The molecule has 0 aromatic carbocycles. The van der Waals surface area contributed by atoms with Crippen molar-refractivity contribution in [3.8, 4) is 0 Å². The minimum atomic E-state index is 0.781. The molecule has 68 valence electrons. The fraction of sp³-hybridized carbons (Fsp3) is 0.636. The molecule has 1 aromatic heterocycles. The lowest BCUT2D eigenvalue weighted by Crippen LogP contribution is -2.04. The second-order valence-corrected chi connectivity index (χ2v) is 4.63. The van der Waals surface area contributed by atoms with Gasteiger partial charge in [-0.05, 0) is 29.7 Å². The largest absolute Gasteiger partial charge is 0.149 e. The lowest BCUT2D eigenvalue weighted by molar-refractivity contribution is 0.470. The maximum absolute atomic E-state index is 2.32. The van der Waals surface area contributed by atoms with Gasteiger partial charge in [0.15, 0.2) is 0 Å². The van der Waals surface area contributed by atoms with E-state index in [1.807, 2.05) is 11.3 Å². The minimum Gasteiger partial charge on any atom is -0.149 e. The van der Waals surface area contributed by atoms with E-state index in [0.717, 1.165) is 11.8 Å². The first-order chi connectivity index (χ1) is 5.75. The first-order valence-electron chi connectivity index (χ1n) is 4.79. The van der Waals surface area contributed by atoms with Crippen LogP contribution in [0, 0.1) is 5.92 Å². The summed E-state index contributed by atoms with van der Waals surface area (Å²) in [6.07, 6.45) is 2.62. The van der Waals surface area contributed by atoms with E-state index >= 15 is 0 Å². The topological polar surface area (TPSA) is 0 Å². The first kappa shape index (κ1) is 9.79. The fourth-order valence-electron chi connectivity index (χ4n) is 1.62. The van der Waals surface area contributed by atoms with Gasteiger partial charge in [0.2, 0.25) is 0 Å².